The van der Waals surface area contributed by atoms with Gasteiger partial charge in [0, 0.05) is 36.3 Å². The van der Waals surface area contributed by atoms with Crippen LogP contribution in [0.4, 0.5) is 0 Å². The lowest BCUT2D eigenvalue weighted by molar-refractivity contribution is 0.198. The van der Waals surface area contributed by atoms with Crippen LogP contribution >= 0.6 is 11.6 Å². The van der Waals surface area contributed by atoms with E-state index in [9.17, 15) is 8.42 Å². The van der Waals surface area contributed by atoms with Gasteiger partial charge in [-0.05, 0) is 31.0 Å². The van der Waals surface area contributed by atoms with Crippen LogP contribution in [0.1, 0.15) is 18.5 Å². The van der Waals surface area contributed by atoms with Gasteiger partial charge in [-0.25, -0.2) is 18.1 Å². The molecular formula is C16H20ClN3O3S. The molecule has 2 heterocycles. The highest BCUT2D eigenvalue weighted by Gasteiger charge is 2.22. The SMILES string of the molecule is CS(=O)(=O)NC1CCN(Cc2coc(-c3cccc(Cl)c3)n2)CC1. The van der Waals surface area contributed by atoms with E-state index in [-0.39, 0.29) is 6.04 Å². The molecule has 130 valence electrons. The highest BCUT2D eigenvalue weighted by atomic mass is 35.5. The second-order valence-corrected chi connectivity index (χ2v) is 8.31. The van der Waals surface area contributed by atoms with Gasteiger partial charge in [0.1, 0.15) is 6.26 Å². The molecule has 0 unspecified atom stereocenters. The second kappa shape index (κ2) is 7.23. The lowest BCUT2D eigenvalue weighted by Gasteiger charge is -2.31. The van der Waals surface area contributed by atoms with Crippen LogP contribution in [0.25, 0.3) is 11.5 Å². The summed E-state index contributed by atoms with van der Waals surface area (Å²) in [7, 11) is -3.14. The third-order valence-electron chi connectivity index (χ3n) is 3.98. The fourth-order valence-corrected chi connectivity index (χ4v) is 3.91. The number of hydrogen-bond acceptors (Lipinski definition) is 5. The van der Waals surface area contributed by atoms with Crippen molar-refractivity contribution in [2.45, 2.75) is 25.4 Å². The minimum atomic E-state index is -3.14. The Kier molecular flexibility index (Phi) is 5.24. The quantitative estimate of drug-likeness (QED) is 0.876. The number of sulfonamides is 1. The van der Waals surface area contributed by atoms with Crippen LogP contribution in [-0.4, -0.2) is 43.7 Å². The number of halogens is 1. The first-order valence-electron chi connectivity index (χ1n) is 7.79. The van der Waals surface area contributed by atoms with Gasteiger partial charge in [0.15, 0.2) is 0 Å². The fourth-order valence-electron chi connectivity index (χ4n) is 2.87. The van der Waals surface area contributed by atoms with Crippen molar-refractivity contribution in [3.8, 4) is 11.5 Å². The maximum Gasteiger partial charge on any atom is 0.226 e. The molecule has 3 rings (SSSR count). The summed E-state index contributed by atoms with van der Waals surface area (Å²) in [6, 6.07) is 7.42. The smallest absolute Gasteiger partial charge is 0.226 e. The molecule has 0 spiro atoms. The third-order valence-corrected chi connectivity index (χ3v) is 4.97. The Balaban J connectivity index is 1.56. The number of rotatable bonds is 5. The zero-order valence-electron chi connectivity index (χ0n) is 13.4. The summed E-state index contributed by atoms with van der Waals surface area (Å²) >= 11 is 5.99. The van der Waals surface area contributed by atoms with Crippen molar-refractivity contribution in [3.05, 3.63) is 41.2 Å². The highest BCUT2D eigenvalue weighted by molar-refractivity contribution is 7.88. The Labute approximate surface area is 146 Å². The van der Waals surface area contributed by atoms with Crippen molar-refractivity contribution in [2.24, 2.45) is 0 Å². The highest BCUT2D eigenvalue weighted by Crippen LogP contribution is 2.23. The topological polar surface area (TPSA) is 75.4 Å². The number of oxazole rings is 1. The summed E-state index contributed by atoms with van der Waals surface area (Å²) in [5, 5.41) is 0.646. The number of benzene rings is 1. The molecule has 1 saturated heterocycles. The number of piperidine rings is 1. The van der Waals surface area contributed by atoms with Crippen LogP contribution < -0.4 is 4.72 Å². The summed E-state index contributed by atoms with van der Waals surface area (Å²) in [5.41, 5.74) is 1.71. The molecule has 8 heteroatoms. The van der Waals surface area contributed by atoms with Crippen LogP contribution in [-0.2, 0) is 16.6 Å². The standard InChI is InChI=1S/C16H20ClN3O3S/c1-24(21,22)19-14-5-7-20(8-6-14)10-15-11-23-16(18-15)12-3-2-4-13(17)9-12/h2-4,9,11,14,19H,5-8,10H2,1H3. The van der Waals surface area contributed by atoms with Gasteiger partial charge in [0.25, 0.3) is 0 Å². The van der Waals surface area contributed by atoms with Crippen molar-refractivity contribution in [2.75, 3.05) is 19.3 Å². The van der Waals surface area contributed by atoms with Crippen molar-refractivity contribution in [1.82, 2.24) is 14.6 Å². The van der Waals surface area contributed by atoms with Gasteiger partial charge >= 0.3 is 0 Å². The Morgan fingerprint density at radius 1 is 1.38 bits per heavy atom. The maximum absolute atomic E-state index is 11.3. The first-order valence-corrected chi connectivity index (χ1v) is 10.1. The number of nitrogens with zero attached hydrogens (tertiary/aromatic N) is 2. The number of likely N-dealkylation sites (tertiary alicyclic amines) is 1. The van der Waals surface area contributed by atoms with Gasteiger partial charge in [0.2, 0.25) is 15.9 Å². The average molecular weight is 370 g/mol. The fraction of sp³-hybridized carbons (Fsp3) is 0.438. The van der Waals surface area contributed by atoms with Gasteiger partial charge in [0.05, 0.1) is 11.9 Å². The zero-order chi connectivity index (χ0) is 17.2. The second-order valence-electron chi connectivity index (χ2n) is 6.09. The molecule has 0 bridgehead atoms. The van der Waals surface area contributed by atoms with Gasteiger partial charge < -0.3 is 4.42 Å². The average Bonchev–Trinajstić information content (AvgIpc) is 2.96. The third kappa shape index (κ3) is 4.80. The molecule has 0 radical (unpaired) electrons. The lowest BCUT2D eigenvalue weighted by Crippen LogP contribution is -2.43. The maximum atomic E-state index is 11.3. The first-order chi connectivity index (χ1) is 11.4. The Morgan fingerprint density at radius 2 is 2.12 bits per heavy atom. The van der Waals surface area contributed by atoms with Crippen molar-refractivity contribution >= 4 is 21.6 Å². The van der Waals surface area contributed by atoms with E-state index in [0.29, 0.717) is 17.5 Å². The van der Waals surface area contributed by atoms with Crippen LogP contribution in [0, 0.1) is 0 Å². The number of nitrogens with one attached hydrogen (secondary N) is 1. The van der Waals surface area contributed by atoms with Crippen molar-refractivity contribution < 1.29 is 12.8 Å². The number of aromatic nitrogens is 1. The van der Waals surface area contributed by atoms with E-state index in [1.807, 2.05) is 24.3 Å². The van der Waals surface area contributed by atoms with E-state index in [4.69, 9.17) is 16.0 Å². The lowest BCUT2D eigenvalue weighted by atomic mass is 10.1. The summed E-state index contributed by atoms with van der Waals surface area (Å²) in [5.74, 6) is 0.557. The number of hydrogen-bond donors (Lipinski definition) is 1. The molecule has 24 heavy (non-hydrogen) atoms. The summed E-state index contributed by atoms with van der Waals surface area (Å²) in [6.07, 6.45) is 4.46. The molecule has 0 saturated carbocycles. The molecular weight excluding hydrogens is 350 g/mol. The molecule has 2 aromatic rings. The molecule has 1 fully saturated rings. The molecule has 6 nitrogen and oxygen atoms in total. The Morgan fingerprint density at radius 3 is 2.79 bits per heavy atom. The molecule has 1 aromatic heterocycles. The molecule has 1 aromatic carbocycles. The summed E-state index contributed by atoms with van der Waals surface area (Å²) < 4.78 is 30.8. The van der Waals surface area contributed by atoms with Crippen LogP contribution in [0.5, 0.6) is 0 Å². The predicted molar refractivity (Wildman–Crippen MR) is 93.2 cm³/mol. The van der Waals surface area contributed by atoms with E-state index in [0.717, 1.165) is 37.2 Å². The summed E-state index contributed by atoms with van der Waals surface area (Å²) in [4.78, 5) is 6.77. The molecule has 0 atom stereocenters. The first kappa shape index (κ1) is 17.4. The monoisotopic (exact) mass is 369 g/mol. The minimum Gasteiger partial charge on any atom is -0.444 e. The van der Waals surface area contributed by atoms with E-state index >= 15 is 0 Å². The molecule has 1 aliphatic rings. The molecule has 0 aliphatic carbocycles. The zero-order valence-corrected chi connectivity index (χ0v) is 15.0. The van der Waals surface area contributed by atoms with Gasteiger partial charge in [-0.2, -0.15) is 0 Å². The predicted octanol–water partition coefficient (Wildman–Crippen LogP) is 2.51. The molecule has 0 amide bonds. The van der Waals surface area contributed by atoms with E-state index in [1.165, 1.54) is 6.26 Å². The van der Waals surface area contributed by atoms with Crippen LogP contribution in [0.15, 0.2) is 34.9 Å². The largest absolute Gasteiger partial charge is 0.444 e. The Hall–Kier alpha value is -1.41. The van der Waals surface area contributed by atoms with Gasteiger partial charge in [-0.3, -0.25) is 4.90 Å². The van der Waals surface area contributed by atoms with Crippen LogP contribution in [0.2, 0.25) is 5.02 Å². The molecule has 1 N–H and O–H groups in total. The van der Waals surface area contributed by atoms with Crippen molar-refractivity contribution in [1.29, 1.82) is 0 Å². The Bertz CT molecular complexity index is 798. The van der Waals surface area contributed by atoms with E-state index in [2.05, 4.69) is 14.6 Å². The minimum absolute atomic E-state index is 0.0237. The summed E-state index contributed by atoms with van der Waals surface area (Å²) in [6.45, 7) is 2.34. The van der Waals surface area contributed by atoms with Crippen LogP contribution in [0.3, 0.4) is 0 Å². The van der Waals surface area contributed by atoms with E-state index in [1.54, 1.807) is 6.26 Å². The van der Waals surface area contributed by atoms with Crippen molar-refractivity contribution in [3.63, 3.8) is 0 Å². The van der Waals surface area contributed by atoms with Gasteiger partial charge in [-0.15, -0.1) is 0 Å². The molecule has 1 aliphatic heterocycles. The normalized spacial score (nSPS) is 17.2. The van der Waals surface area contributed by atoms with E-state index < -0.39 is 10.0 Å². The van der Waals surface area contributed by atoms with Gasteiger partial charge in [-0.1, -0.05) is 17.7 Å².